The topological polar surface area (TPSA) is 76.2 Å². The van der Waals surface area contributed by atoms with Gasteiger partial charge in [0.15, 0.2) is 0 Å². The first-order valence-electron chi connectivity index (χ1n) is 6.68. The van der Waals surface area contributed by atoms with E-state index in [9.17, 15) is 10.1 Å². The lowest BCUT2D eigenvalue weighted by molar-refractivity contribution is -0.384. The van der Waals surface area contributed by atoms with Gasteiger partial charge in [-0.05, 0) is 26.4 Å². The van der Waals surface area contributed by atoms with Gasteiger partial charge in [0.2, 0.25) is 5.82 Å². The van der Waals surface area contributed by atoms with Crippen LogP contribution in [0.3, 0.4) is 0 Å². The second-order valence-electron chi connectivity index (χ2n) is 5.17. The van der Waals surface area contributed by atoms with Crippen LogP contribution in [0.1, 0.15) is 25.5 Å². The Morgan fingerprint density at radius 2 is 2.26 bits per heavy atom. The fourth-order valence-electron chi connectivity index (χ4n) is 2.57. The van der Waals surface area contributed by atoms with Crippen LogP contribution in [-0.2, 0) is 13.5 Å². The van der Waals surface area contributed by atoms with Gasteiger partial charge in [0.1, 0.15) is 5.69 Å². The summed E-state index contributed by atoms with van der Waals surface area (Å²) in [5, 5.41) is 18.8. The minimum absolute atomic E-state index is 0.138. The molecule has 1 atom stereocenters. The summed E-state index contributed by atoms with van der Waals surface area (Å²) in [4.78, 5) is 13.2. The number of nitro groups is 1. The van der Waals surface area contributed by atoms with E-state index in [4.69, 9.17) is 0 Å². The second kappa shape index (κ2) is 5.56. The van der Waals surface area contributed by atoms with Crippen molar-refractivity contribution >= 4 is 11.5 Å². The quantitative estimate of drug-likeness (QED) is 0.644. The van der Waals surface area contributed by atoms with Crippen molar-refractivity contribution in [1.82, 2.24) is 14.7 Å². The number of hydrogen-bond donors (Lipinski definition) is 1. The fraction of sp³-hybridized carbons (Fsp3) is 0.750. The summed E-state index contributed by atoms with van der Waals surface area (Å²) in [7, 11) is 3.81. The molecule has 7 nitrogen and oxygen atoms in total. The van der Waals surface area contributed by atoms with Crippen LogP contribution in [0.4, 0.5) is 11.5 Å². The Hall–Kier alpha value is -1.63. The Bertz CT molecular complexity index is 471. The number of likely N-dealkylation sites (N-methyl/N-ethyl adjacent to an activating group) is 1. The van der Waals surface area contributed by atoms with Gasteiger partial charge in [-0.3, -0.25) is 10.1 Å². The molecule has 0 saturated carbocycles. The lowest BCUT2D eigenvalue weighted by Gasteiger charge is -2.13. The monoisotopic (exact) mass is 267 g/mol. The molecule has 19 heavy (non-hydrogen) atoms. The zero-order valence-electron chi connectivity index (χ0n) is 11.7. The van der Waals surface area contributed by atoms with Crippen LogP contribution in [0.5, 0.6) is 0 Å². The first-order valence-corrected chi connectivity index (χ1v) is 6.68. The van der Waals surface area contributed by atoms with E-state index in [1.165, 1.54) is 0 Å². The summed E-state index contributed by atoms with van der Waals surface area (Å²) in [5.74, 6) is 0.536. The predicted octanol–water partition coefficient (Wildman–Crippen LogP) is 1.40. The fourth-order valence-corrected chi connectivity index (χ4v) is 2.57. The highest BCUT2D eigenvalue weighted by Crippen LogP contribution is 2.30. The molecule has 2 rings (SSSR count). The number of aryl methyl sites for hydroxylation is 2. The maximum Gasteiger partial charge on any atom is 0.333 e. The van der Waals surface area contributed by atoms with E-state index in [0.717, 1.165) is 25.9 Å². The molecule has 0 amide bonds. The molecule has 0 aliphatic carbocycles. The minimum atomic E-state index is -0.320. The second-order valence-corrected chi connectivity index (χ2v) is 5.17. The van der Waals surface area contributed by atoms with Crippen molar-refractivity contribution in [3.05, 3.63) is 15.8 Å². The summed E-state index contributed by atoms with van der Waals surface area (Å²) in [6, 6.07) is 0.258. The molecular weight excluding hydrogens is 246 g/mol. The number of anilines is 1. The van der Waals surface area contributed by atoms with Crippen LogP contribution in [0.2, 0.25) is 0 Å². The van der Waals surface area contributed by atoms with Gasteiger partial charge in [-0.2, -0.15) is 5.10 Å². The summed E-state index contributed by atoms with van der Waals surface area (Å²) in [6.45, 7) is 3.92. The van der Waals surface area contributed by atoms with Gasteiger partial charge in [-0.25, -0.2) is 4.68 Å². The molecule has 1 aliphatic heterocycles. The smallest absolute Gasteiger partial charge is 0.333 e. The third-order valence-electron chi connectivity index (χ3n) is 3.49. The first kappa shape index (κ1) is 13.8. The number of likely N-dealkylation sites (tertiary alicyclic amines) is 1. The van der Waals surface area contributed by atoms with Crippen molar-refractivity contribution in [2.45, 2.75) is 32.2 Å². The molecule has 1 fully saturated rings. The normalized spacial score (nSPS) is 19.8. The lowest BCUT2D eigenvalue weighted by Crippen LogP contribution is -2.25. The Morgan fingerprint density at radius 3 is 2.79 bits per heavy atom. The van der Waals surface area contributed by atoms with Gasteiger partial charge >= 0.3 is 5.69 Å². The molecule has 1 N–H and O–H groups in total. The zero-order chi connectivity index (χ0) is 14.0. The molecule has 1 saturated heterocycles. The van der Waals surface area contributed by atoms with Crippen molar-refractivity contribution in [2.24, 2.45) is 7.05 Å². The van der Waals surface area contributed by atoms with E-state index >= 15 is 0 Å². The summed E-state index contributed by atoms with van der Waals surface area (Å²) in [5.41, 5.74) is 0.711. The predicted molar refractivity (Wildman–Crippen MR) is 73.4 cm³/mol. The maximum absolute atomic E-state index is 11.3. The lowest BCUT2D eigenvalue weighted by atomic mass is 10.2. The average Bonchev–Trinajstić information content (AvgIpc) is 2.85. The highest BCUT2D eigenvalue weighted by molar-refractivity contribution is 5.60. The number of nitrogens with zero attached hydrogens (tertiary/aromatic N) is 4. The summed E-state index contributed by atoms with van der Waals surface area (Å²) >= 11 is 0. The Morgan fingerprint density at radius 1 is 1.53 bits per heavy atom. The Labute approximate surface area is 112 Å². The SMILES string of the molecule is CCCc1nn(C)c(NC2CCN(C)C2)c1[N+](=O)[O-]. The molecule has 106 valence electrons. The van der Waals surface area contributed by atoms with E-state index < -0.39 is 0 Å². The molecule has 2 heterocycles. The van der Waals surface area contributed by atoms with Crippen LogP contribution < -0.4 is 5.32 Å². The third-order valence-corrected chi connectivity index (χ3v) is 3.49. The van der Waals surface area contributed by atoms with Gasteiger partial charge in [-0.1, -0.05) is 13.3 Å². The highest BCUT2D eigenvalue weighted by Gasteiger charge is 2.29. The summed E-state index contributed by atoms with van der Waals surface area (Å²) < 4.78 is 1.60. The van der Waals surface area contributed by atoms with Crippen LogP contribution in [0.15, 0.2) is 0 Å². The van der Waals surface area contributed by atoms with E-state index in [1.807, 2.05) is 6.92 Å². The molecule has 1 aromatic rings. The van der Waals surface area contributed by atoms with E-state index in [0.29, 0.717) is 17.9 Å². The van der Waals surface area contributed by atoms with Crippen LogP contribution in [-0.4, -0.2) is 45.8 Å². The molecule has 0 radical (unpaired) electrons. The molecule has 0 spiro atoms. The van der Waals surface area contributed by atoms with Crippen LogP contribution >= 0.6 is 0 Å². The van der Waals surface area contributed by atoms with Gasteiger partial charge in [0.05, 0.1) is 4.92 Å². The van der Waals surface area contributed by atoms with Crippen LogP contribution in [0, 0.1) is 10.1 Å². The van der Waals surface area contributed by atoms with Gasteiger partial charge in [-0.15, -0.1) is 0 Å². The van der Waals surface area contributed by atoms with E-state index in [2.05, 4.69) is 22.4 Å². The van der Waals surface area contributed by atoms with Crippen molar-refractivity contribution in [2.75, 3.05) is 25.5 Å². The van der Waals surface area contributed by atoms with E-state index in [-0.39, 0.29) is 16.7 Å². The third kappa shape index (κ3) is 2.86. The number of rotatable bonds is 5. The van der Waals surface area contributed by atoms with E-state index in [1.54, 1.807) is 11.7 Å². The number of hydrogen-bond acceptors (Lipinski definition) is 5. The standard InChI is InChI=1S/C12H21N5O2/c1-4-5-10-11(17(18)19)12(16(3)14-10)13-9-6-7-15(2)8-9/h9,13H,4-8H2,1-3H3. The molecule has 0 aromatic carbocycles. The molecular formula is C12H21N5O2. The van der Waals surface area contributed by atoms with Crippen molar-refractivity contribution in [3.8, 4) is 0 Å². The maximum atomic E-state index is 11.3. The molecule has 0 bridgehead atoms. The minimum Gasteiger partial charge on any atom is -0.360 e. The Balaban J connectivity index is 2.25. The number of nitrogens with one attached hydrogen (secondary N) is 1. The average molecular weight is 267 g/mol. The van der Waals surface area contributed by atoms with Crippen molar-refractivity contribution in [3.63, 3.8) is 0 Å². The molecule has 7 heteroatoms. The molecule has 1 aliphatic rings. The van der Waals surface area contributed by atoms with Crippen molar-refractivity contribution in [1.29, 1.82) is 0 Å². The van der Waals surface area contributed by atoms with Gasteiger partial charge < -0.3 is 10.2 Å². The first-order chi connectivity index (χ1) is 9.02. The summed E-state index contributed by atoms with van der Waals surface area (Å²) in [6.07, 6.45) is 2.49. The molecule has 1 aromatic heterocycles. The van der Waals surface area contributed by atoms with Crippen LogP contribution in [0.25, 0.3) is 0 Å². The highest BCUT2D eigenvalue weighted by atomic mass is 16.6. The largest absolute Gasteiger partial charge is 0.360 e. The van der Waals surface area contributed by atoms with Crippen molar-refractivity contribution < 1.29 is 4.92 Å². The Kier molecular flexibility index (Phi) is 4.04. The number of aromatic nitrogens is 2. The molecule has 1 unspecified atom stereocenters. The van der Waals surface area contributed by atoms with Gasteiger partial charge in [0, 0.05) is 19.6 Å². The van der Waals surface area contributed by atoms with Gasteiger partial charge in [0.25, 0.3) is 0 Å². The zero-order valence-corrected chi connectivity index (χ0v) is 11.7.